The minimum atomic E-state index is 0.369. The lowest BCUT2D eigenvalue weighted by molar-refractivity contribution is 0.328. The van der Waals surface area contributed by atoms with Gasteiger partial charge >= 0.3 is 0 Å². The molecular weight excluding hydrogens is 132 g/mol. The first-order chi connectivity index (χ1) is 5.06. The molecule has 0 radical (unpaired) electrons. The summed E-state index contributed by atoms with van der Waals surface area (Å²) in [7, 11) is 0. The number of hydrogen-bond acceptors (Lipinski definition) is 0. The first-order valence-corrected chi connectivity index (χ1v) is 4.44. The van der Waals surface area contributed by atoms with E-state index in [0.717, 1.165) is 5.92 Å². The van der Waals surface area contributed by atoms with E-state index in [1.165, 1.54) is 12.0 Å². The smallest absolute Gasteiger partial charge is 0.0109 e. The molecular formula is C11H18. The van der Waals surface area contributed by atoms with Crippen molar-refractivity contribution in [2.24, 2.45) is 11.3 Å². The summed E-state index contributed by atoms with van der Waals surface area (Å²) in [6.07, 6.45) is 8.19. The van der Waals surface area contributed by atoms with Crippen molar-refractivity contribution >= 4 is 0 Å². The van der Waals surface area contributed by atoms with Gasteiger partial charge in [-0.3, -0.25) is 0 Å². The molecule has 0 N–H and O–H groups in total. The number of hydrogen-bond donors (Lipinski definition) is 0. The van der Waals surface area contributed by atoms with Crippen LogP contribution >= 0.6 is 0 Å². The first-order valence-electron chi connectivity index (χ1n) is 4.44. The largest absolute Gasteiger partial charge is 0.0780 e. The summed E-state index contributed by atoms with van der Waals surface area (Å²) in [5.74, 6) is 0.729. The molecule has 1 unspecified atom stereocenters. The quantitative estimate of drug-likeness (QED) is 0.536. The Kier molecular flexibility index (Phi) is 2.22. The highest BCUT2D eigenvalue weighted by Crippen LogP contribution is 2.36. The van der Waals surface area contributed by atoms with E-state index in [0.29, 0.717) is 5.41 Å². The lowest BCUT2D eigenvalue weighted by atomic mass is 9.73. The second-order valence-electron chi connectivity index (χ2n) is 4.08. The van der Waals surface area contributed by atoms with Gasteiger partial charge in [-0.2, -0.15) is 0 Å². The fourth-order valence-corrected chi connectivity index (χ4v) is 1.70. The van der Waals surface area contributed by atoms with E-state index in [1.807, 2.05) is 0 Å². The summed E-state index contributed by atoms with van der Waals surface area (Å²) < 4.78 is 0. The fraction of sp³-hybridized carbons (Fsp3) is 0.636. The van der Waals surface area contributed by atoms with Gasteiger partial charge in [0, 0.05) is 0 Å². The van der Waals surface area contributed by atoms with Crippen LogP contribution in [0.25, 0.3) is 0 Å². The zero-order valence-corrected chi connectivity index (χ0v) is 8.02. The third-order valence-electron chi connectivity index (χ3n) is 2.64. The van der Waals surface area contributed by atoms with E-state index in [9.17, 15) is 0 Å². The Morgan fingerprint density at radius 1 is 1.45 bits per heavy atom. The normalized spacial score (nSPS) is 28.4. The van der Waals surface area contributed by atoms with Gasteiger partial charge in [0.05, 0.1) is 0 Å². The van der Waals surface area contributed by atoms with E-state index in [2.05, 4.69) is 45.9 Å². The van der Waals surface area contributed by atoms with Crippen LogP contribution in [0.1, 0.15) is 34.1 Å². The zero-order chi connectivity index (χ0) is 8.48. The summed E-state index contributed by atoms with van der Waals surface area (Å²) >= 11 is 0. The summed E-state index contributed by atoms with van der Waals surface area (Å²) in [4.78, 5) is 0. The van der Waals surface area contributed by atoms with Gasteiger partial charge in [-0.25, -0.2) is 0 Å². The summed E-state index contributed by atoms with van der Waals surface area (Å²) in [5, 5.41) is 0. The molecule has 0 aromatic rings. The van der Waals surface area contributed by atoms with Gasteiger partial charge in [-0.1, -0.05) is 44.6 Å². The molecule has 0 amide bonds. The van der Waals surface area contributed by atoms with Crippen molar-refractivity contribution in [1.82, 2.24) is 0 Å². The van der Waals surface area contributed by atoms with E-state index in [1.54, 1.807) is 0 Å². The monoisotopic (exact) mass is 150 g/mol. The van der Waals surface area contributed by atoms with Gasteiger partial charge in [0.1, 0.15) is 0 Å². The molecule has 0 heterocycles. The molecule has 0 bridgehead atoms. The van der Waals surface area contributed by atoms with Crippen molar-refractivity contribution in [3.8, 4) is 0 Å². The maximum Gasteiger partial charge on any atom is -0.0109 e. The van der Waals surface area contributed by atoms with Crippen molar-refractivity contribution in [3.63, 3.8) is 0 Å². The third kappa shape index (κ3) is 1.74. The van der Waals surface area contributed by atoms with Crippen LogP contribution in [0.5, 0.6) is 0 Å². The van der Waals surface area contributed by atoms with Crippen molar-refractivity contribution in [2.75, 3.05) is 0 Å². The molecule has 0 saturated heterocycles. The van der Waals surface area contributed by atoms with E-state index >= 15 is 0 Å². The van der Waals surface area contributed by atoms with Gasteiger partial charge < -0.3 is 0 Å². The van der Waals surface area contributed by atoms with Crippen LogP contribution in [0.3, 0.4) is 0 Å². The van der Waals surface area contributed by atoms with Crippen LogP contribution in [0.15, 0.2) is 23.8 Å². The van der Waals surface area contributed by atoms with Crippen molar-refractivity contribution in [3.05, 3.63) is 23.8 Å². The highest BCUT2D eigenvalue weighted by molar-refractivity contribution is 5.25. The average molecular weight is 150 g/mol. The minimum Gasteiger partial charge on any atom is -0.0780 e. The Morgan fingerprint density at radius 3 is 2.55 bits per heavy atom. The summed E-state index contributed by atoms with van der Waals surface area (Å²) in [5.41, 5.74) is 1.78. The number of allylic oxidation sites excluding steroid dienone is 4. The lowest BCUT2D eigenvalue weighted by Gasteiger charge is -2.31. The number of rotatable bonds is 1. The molecule has 11 heavy (non-hydrogen) atoms. The van der Waals surface area contributed by atoms with Crippen LogP contribution in [0.4, 0.5) is 0 Å². The van der Waals surface area contributed by atoms with E-state index in [-0.39, 0.29) is 0 Å². The molecule has 62 valence electrons. The fourth-order valence-electron chi connectivity index (χ4n) is 1.70. The molecule has 0 aromatic heterocycles. The molecule has 0 aliphatic heterocycles. The molecule has 0 spiro atoms. The summed E-state index contributed by atoms with van der Waals surface area (Å²) in [6.45, 7) is 9.05. The van der Waals surface area contributed by atoms with Gasteiger partial charge in [-0.15, -0.1) is 0 Å². The second kappa shape index (κ2) is 2.84. The van der Waals surface area contributed by atoms with Crippen LogP contribution in [0.2, 0.25) is 0 Å². The van der Waals surface area contributed by atoms with Crippen molar-refractivity contribution in [1.29, 1.82) is 0 Å². The van der Waals surface area contributed by atoms with Crippen LogP contribution in [-0.2, 0) is 0 Å². The molecule has 0 fully saturated rings. The Labute approximate surface area is 70.0 Å². The van der Waals surface area contributed by atoms with Gasteiger partial charge in [0.2, 0.25) is 0 Å². The Hall–Kier alpha value is -0.520. The van der Waals surface area contributed by atoms with E-state index in [4.69, 9.17) is 0 Å². The maximum atomic E-state index is 2.39. The summed E-state index contributed by atoms with van der Waals surface area (Å²) in [6, 6.07) is 0. The Morgan fingerprint density at radius 2 is 2.09 bits per heavy atom. The minimum absolute atomic E-state index is 0.369. The predicted molar refractivity (Wildman–Crippen MR) is 50.5 cm³/mol. The van der Waals surface area contributed by atoms with Crippen LogP contribution < -0.4 is 0 Å². The highest BCUT2D eigenvalue weighted by atomic mass is 14.3. The van der Waals surface area contributed by atoms with Crippen molar-refractivity contribution < 1.29 is 0 Å². The lowest BCUT2D eigenvalue weighted by Crippen LogP contribution is -2.21. The van der Waals surface area contributed by atoms with Crippen LogP contribution in [-0.4, -0.2) is 0 Å². The molecule has 1 rings (SSSR count). The predicted octanol–water partition coefficient (Wildman–Crippen LogP) is 3.55. The van der Waals surface area contributed by atoms with Crippen molar-refractivity contribution in [2.45, 2.75) is 34.1 Å². The first kappa shape index (κ1) is 8.58. The third-order valence-corrected chi connectivity index (χ3v) is 2.64. The molecule has 1 aliphatic carbocycles. The molecule has 0 heteroatoms. The molecule has 0 saturated carbocycles. The average Bonchev–Trinajstić information content (AvgIpc) is 1.94. The molecule has 1 aliphatic rings. The molecule has 1 atom stereocenters. The molecule has 0 aromatic carbocycles. The highest BCUT2D eigenvalue weighted by Gasteiger charge is 2.25. The van der Waals surface area contributed by atoms with Gasteiger partial charge in [0.15, 0.2) is 0 Å². The maximum absolute atomic E-state index is 2.39. The SMILES string of the molecule is CCC1C=C(C)C=CC1(C)C. The standard InChI is InChI=1S/C11H18/c1-5-10-8-9(2)6-7-11(10,3)4/h6-8,10H,5H2,1-4H3. The van der Waals surface area contributed by atoms with E-state index < -0.39 is 0 Å². The zero-order valence-electron chi connectivity index (χ0n) is 8.02. The van der Waals surface area contributed by atoms with Crippen LogP contribution in [0, 0.1) is 11.3 Å². The molecule has 0 nitrogen and oxygen atoms in total. The second-order valence-corrected chi connectivity index (χ2v) is 4.08. The topological polar surface area (TPSA) is 0 Å². The van der Waals surface area contributed by atoms with Gasteiger partial charge in [0.25, 0.3) is 0 Å². The Bertz CT molecular complexity index is 194. The Balaban J connectivity index is 2.84. The van der Waals surface area contributed by atoms with Gasteiger partial charge in [-0.05, 0) is 24.7 Å².